The fraction of sp³-hybridized carbons (Fsp3) is 0.364. The monoisotopic (exact) mass is 316 g/mol. The van der Waals surface area contributed by atoms with Gasteiger partial charge in [-0.2, -0.15) is 0 Å². The van der Waals surface area contributed by atoms with Gasteiger partial charge in [0.25, 0.3) is 0 Å². The molecule has 0 saturated carbocycles. The molecule has 2 atom stereocenters. The molecule has 0 radical (unpaired) electrons. The number of carbonyl (C=O) groups excluding carboxylic acids is 1. The minimum absolute atomic E-state index is 0.143. The molecule has 96 valence electrons. The van der Waals surface area contributed by atoms with E-state index in [1.807, 2.05) is 0 Å². The maximum Gasteiger partial charge on any atom is 0.237 e. The summed E-state index contributed by atoms with van der Waals surface area (Å²) in [5, 5.41) is 13.6. The van der Waals surface area contributed by atoms with Gasteiger partial charge in [-0.15, -0.1) is 0 Å². The topological polar surface area (TPSA) is 72.2 Å². The third-order valence-corrected chi connectivity index (χ3v) is 3.55. The number of amides is 1. The lowest BCUT2D eigenvalue weighted by atomic mass is 9.92. The first-order chi connectivity index (χ1) is 8.49. The quantitative estimate of drug-likeness (QED) is 0.671. The minimum atomic E-state index is -0.875. The van der Waals surface area contributed by atoms with Crippen LogP contribution in [-0.2, 0) is 4.79 Å². The highest BCUT2D eigenvalue weighted by atomic mass is 79.9. The predicted octanol–water partition coefficient (Wildman–Crippen LogP) is 2.18. The van der Waals surface area contributed by atoms with Crippen LogP contribution in [0.4, 0.5) is 4.39 Å². The number of nitro groups is 1. The van der Waals surface area contributed by atoms with Gasteiger partial charge >= 0.3 is 0 Å². The van der Waals surface area contributed by atoms with Gasteiger partial charge in [0.15, 0.2) is 0 Å². The van der Waals surface area contributed by atoms with Crippen LogP contribution in [-0.4, -0.2) is 16.9 Å². The second-order valence-corrected chi connectivity index (χ2v) is 4.96. The fourth-order valence-electron chi connectivity index (χ4n) is 2.03. The Hall–Kier alpha value is -1.50. The molecule has 1 saturated heterocycles. The molecule has 5 nitrogen and oxygen atoms in total. The molecular formula is C11H10BrFN2O3. The van der Waals surface area contributed by atoms with Crippen molar-refractivity contribution in [2.45, 2.75) is 24.9 Å². The normalized spacial score (nSPS) is 23.6. The van der Waals surface area contributed by atoms with E-state index in [9.17, 15) is 19.3 Å². The fourth-order valence-corrected chi connectivity index (χ4v) is 2.42. The van der Waals surface area contributed by atoms with Crippen molar-refractivity contribution in [1.82, 2.24) is 5.32 Å². The summed E-state index contributed by atoms with van der Waals surface area (Å²) >= 11 is 3.03. The van der Waals surface area contributed by atoms with Gasteiger partial charge in [-0.3, -0.25) is 14.9 Å². The highest BCUT2D eigenvalue weighted by molar-refractivity contribution is 9.10. The van der Waals surface area contributed by atoms with Crippen LogP contribution in [0.25, 0.3) is 0 Å². The Morgan fingerprint density at radius 2 is 2.22 bits per heavy atom. The van der Waals surface area contributed by atoms with Crippen molar-refractivity contribution in [3.63, 3.8) is 0 Å². The molecule has 0 aliphatic carbocycles. The lowest BCUT2D eigenvalue weighted by Crippen LogP contribution is -2.45. The first-order valence-corrected chi connectivity index (χ1v) is 6.16. The summed E-state index contributed by atoms with van der Waals surface area (Å²) in [5.41, 5.74) is 0.526. The van der Waals surface area contributed by atoms with Gasteiger partial charge in [0.05, 0.1) is 4.47 Å². The van der Waals surface area contributed by atoms with Crippen molar-refractivity contribution >= 4 is 21.8 Å². The Morgan fingerprint density at radius 1 is 1.50 bits per heavy atom. The van der Waals surface area contributed by atoms with E-state index in [0.717, 1.165) is 0 Å². The second kappa shape index (κ2) is 5.01. The summed E-state index contributed by atoms with van der Waals surface area (Å²) in [4.78, 5) is 21.9. The van der Waals surface area contributed by atoms with Gasteiger partial charge in [-0.05, 0) is 33.6 Å². The number of rotatable bonds is 2. The number of carbonyl (C=O) groups is 1. The highest BCUT2D eigenvalue weighted by Crippen LogP contribution is 2.28. The molecule has 1 aromatic carbocycles. The number of hydrogen-bond acceptors (Lipinski definition) is 3. The van der Waals surface area contributed by atoms with Crippen LogP contribution in [0.2, 0.25) is 0 Å². The number of piperidine rings is 1. The number of nitrogens with zero attached hydrogens (tertiary/aromatic N) is 1. The summed E-state index contributed by atoms with van der Waals surface area (Å²) in [6.45, 7) is 0. The van der Waals surface area contributed by atoms with E-state index in [4.69, 9.17) is 0 Å². The number of benzene rings is 1. The number of hydrogen-bond donors (Lipinski definition) is 1. The third-order valence-electron chi connectivity index (χ3n) is 2.94. The van der Waals surface area contributed by atoms with Crippen molar-refractivity contribution in [3.05, 3.63) is 44.2 Å². The number of halogens is 2. The van der Waals surface area contributed by atoms with E-state index in [0.29, 0.717) is 5.56 Å². The van der Waals surface area contributed by atoms with E-state index < -0.39 is 22.8 Å². The Morgan fingerprint density at radius 3 is 2.83 bits per heavy atom. The molecule has 1 heterocycles. The SMILES string of the molecule is O=C1CC[C@@H]([N+](=O)[O-])[C@@H](c2ccc(F)c(Br)c2)N1. The highest BCUT2D eigenvalue weighted by Gasteiger charge is 2.38. The van der Waals surface area contributed by atoms with Gasteiger partial charge in [-0.1, -0.05) is 6.07 Å². The molecule has 0 spiro atoms. The van der Waals surface area contributed by atoms with Crippen LogP contribution < -0.4 is 5.32 Å². The molecule has 1 aliphatic rings. The Balaban J connectivity index is 2.34. The molecule has 0 unspecified atom stereocenters. The summed E-state index contributed by atoms with van der Waals surface area (Å²) in [5.74, 6) is -0.669. The van der Waals surface area contributed by atoms with Gasteiger partial charge < -0.3 is 5.32 Å². The average Bonchev–Trinajstić information content (AvgIpc) is 2.32. The lowest BCUT2D eigenvalue weighted by Gasteiger charge is -2.26. The van der Waals surface area contributed by atoms with E-state index >= 15 is 0 Å². The van der Waals surface area contributed by atoms with E-state index in [1.54, 1.807) is 0 Å². The molecule has 2 rings (SSSR count). The van der Waals surface area contributed by atoms with E-state index in [1.165, 1.54) is 18.2 Å². The van der Waals surface area contributed by atoms with Crippen LogP contribution >= 0.6 is 15.9 Å². The molecule has 1 amide bonds. The lowest BCUT2D eigenvalue weighted by molar-refractivity contribution is -0.529. The van der Waals surface area contributed by atoms with E-state index in [2.05, 4.69) is 21.2 Å². The molecule has 0 aromatic heterocycles. The summed E-state index contributed by atoms with van der Waals surface area (Å²) in [6.07, 6.45) is 0.336. The second-order valence-electron chi connectivity index (χ2n) is 4.11. The zero-order chi connectivity index (χ0) is 13.3. The molecule has 1 aliphatic heterocycles. The molecule has 1 N–H and O–H groups in total. The van der Waals surface area contributed by atoms with Crippen molar-refractivity contribution < 1.29 is 14.1 Å². The molecule has 18 heavy (non-hydrogen) atoms. The average molecular weight is 317 g/mol. The maximum atomic E-state index is 13.1. The Kier molecular flexibility index (Phi) is 3.60. The summed E-state index contributed by atoms with van der Waals surface area (Å²) < 4.78 is 13.4. The smallest absolute Gasteiger partial charge is 0.237 e. The standard InChI is InChI=1S/C11H10BrFN2O3/c12-7-5-6(1-2-8(7)13)11-9(15(17)18)3-4-10(16)14-11/h1-2,5,9,11H,3-4H2,(H,14,16)/t9-,11-/m1/s1. The first-order valence-electron chi connectivity index (χ1n) is 5.37. The zero-order valence-electron chi connectivity index (χ0n) is 9.23. The van der Waals surface area contributed by atoms with Crippen molar-refractivity contribution in [3.8, 4) is 0 Å². The molecule has 1 fully saturated rings. The van der Waals surface area contributed by atoms with Gasteiger partial charge in [0, 0.05) is 17.8 Å². The van der Waals surface area contributed by atoms with Crippen LogP contribution in [0.15, 0.2) is 22.7 Å². The van der Waals surface area contributed by atoms with E-state index in [-0.39, 0.29) is 23.2 Å². The van der Waals surface area contributed by atoms with Crippen molar-refractivity contribution in [2.24, 2.45) is 0 Å². The molecule has 1 aromatic rings. The molecule has 7 heteroatoms. The number of nitrogens with one attached hydrogen (secondary N) is 1. The van der Waals surface area contributed by atoms with Gasteiger partial charge in [0.1, 0.15) is 11.9 Å². The third kappa shape index (κ3) is 2.50. The first kappa shape index (κ1) is 12.9. The van der Waals surface area contributed by atoms with Crippen LogP contribution in [0.5, 0.6) is 0 Å². The van der Waals surface area contributed by atoms with Gasteiger partial charge in [0.2, 0.25) is 11.9 Å². The summed E-state index contributed by atoms with van der Waals surface area (Å²) in [7, 11) is 0. The summed E-state index contributed by atoms with van der Waals surface area (Å²) in [6, 6.07) is 2.55. The van der Waals surface area contributed by atoms with Crippen LogP contribution in [0.3, 0.4) is 0 Å². The zero-order valence-corrected chi connectivity index (χ0v) is 10.8. The maximum absolute atomic E-state index is 13.1. The van der Waals surface area contributed by atoms with Crippen LogP contribution in [0, 0.1) is 15.9 Å². The Bertz CT molecular complexity index is 509. The van der Waals surface area contributed by atoms with Crippen molar-refractivity contribution in [1.29, 1.82) is 0 Å². The predicted molar refractivity (Wildman–Crippen MR) is 65.0 cm³/mol. The largest absolute Gasteiger partial charge is 0.343 e. The molecular weight excluding hydrogens is 307 g/mol. The molecule has 0 bridgehead atoms. The van der Waals surface area contributed by atoms with Gasteiger partial charge in [-0.25, -0.2) is 4.39 Å². The van der Waals surface area contributed by atoms with Crippen LogP contribution in [0.1, 0.15) is 24.4 Å². The van der Waals surface area contributed by atoms with Crippen molar-refractivity contribution in [2.75, 3.05) is 0 Å². The minimum Gasteiger partial charge on any atom is -0.343 e. The Labute approximate surface area is 111 Å².